The van der Waals surface area contributed by atoms with Crippen LogP contribution in [0.4, 0.5) is 5.82 Å². The number of halogens is 2. The topological polar surface area (TPSA) is 91.2 Å². The second-order valence-corrected chi connectivity index (χ2v) is 8.65. The molecule has 1 amide bonds. The van der Waals surface area contributed by atoms with E-state index in [0.717, 1.165) is 0 Å². The molecule has 0 bridgehead atoms. The van der Waals surface area contributed by atoms with Crippen LogP contribution < -0.4 is 14.8 Å². The number of aromatic nitrogens is 4. The van der Waals surface area contributed by atoms with E-state index in [-0.39, 0.29) is 16.7 Å². The van der Waals surface area contributed by atoms with Crippen molar-refractivity contribution in [2.24, 2.45) is 7.05 Å². The van der Waals surface area contributed by atoms with E-state index in [9.17, 15) is 4.79 Å². The molecule has 1 N–H and O–H groups in total. The number of hydrogen-bond donors (Lipinski definition) is 1. The third kappa shape index (κ3) is 4.33. The number of carbonyl (C=O) groups excluding carboxylic acids is 1. The monoisotopic (exact) mass is 465 g/mol. The molecule has 0 saturated carbocycles. The minimum absolute atomic E-state index is 0.253. The summed E-state index contributed by atoms with van der Waals surface area (Å²) < 4.78 is 13.5. The number of anilines is 1. The molecular formula is C19H17Cl2N5O3S. The summed E-state index contributed by atoms with van der Waals surface area (Å²) in [6.45, 7) is 2.08. The Hall–Kier alpha value is -2.49. The summed E-state index contributed by atoms with van der Waals surface area (Å²) in [4.78, 5) is 16.6. The average Bonchev–Trinajstić information content (AvgIpc) is 3.09. The molecule has 30 heavy (non-hydrogen) atoms. The number of fused-ring (bicyclic) bond motifs is 1. The SMILES string of the molecule is C[C@@H](Sc1nnc([C@@H]2COc3ccccc3O2)n1C)C(=O)Nc1ncc(Cl)cc1Cl. The van der Waals surface area contributed by atoms with E-state index in [1.807, 2.05) is 31.3 Å². The van der Waals surface area contributed by atoms with Gasteiger partial charge in [-0.25, -0.2) is 4.98 Å². The average molecular weight is 466 g/mol. The quantitative estimate of drug-likeness (QED) is 0.565. The zero-order valence-corrected chi connectivity index (χ0v) is 18.3. The van der Waals surface area contributed by atoms with Gasteiger partial charge in [0.1, 0.15) is 6.61 Å². The lowest BCUT2D eigenvalue weighted by atomic mass is 10.2. The Bertz CT molecular complexity index is 1090. The number of pyridine rings is 1. The molecule has 3 heterocycles. The smallest absolute Gasteiger partial charge is 0.238 e. The van der Waals surface area contributed by atoms with Gasteiger partial charge in [0.15, 0.2) is 34.4 Å². The summed E-state index contributed by atoms with van der Waals surface area (Å²) in [7, 11) is 1.82. The van der Waals surface area contributed by atoms with Gasteiger partial charge in [-0.05, 0) is 25.1 Å². The second-order valence-electron chi connectivity index (χ2n) is 6.50. The van der Waals surface area contributed by atoms with Gasteiger partial charge >= 0.3 is 0 Å². The maximum absolute atomic E-state index is 12.5. The molecule has 2 aromatic heterocycles. The Morgan fingerprint density at radius 1 is 1.30 bits per heavy atom. The number of nitrogens with one attached hydrogen (secondary N) is 1. The zero-order valence-electron chi connectivity index (χ0n) is 16.0. The molecule has 1 aliphatic rings. The highest BCUT2D eigenvalue weighted by molar-refractivity contribution is 8.00. The van der Waals surface area contributed by atoms with Crippen molar-refractivity contribution in [2.45, 2.75) is 23.4 Å². The highest BCUT2D eigenvalue weighted by atomic mass is 35.5. The lowest BCUT2D eigenvalue weighted by Crippen LogP contribution is -2.25. The van der Waals surface area contributed by atoms with Gasteiger partial charge < -0.3 is 19.4 Å². The molecule has 2 atom stereocenters. The third-order valence-electron chi connectivity index (χ3n) is 4.37. The van der Waals surface area contributed by atoms with E-state index in [0.29, 0.717) is 34.1 Å². The molecule has 11 heteroatoms. The molecule has 0 fully saturated rings. The molecule has 4 rings (SSSR count). The normalized spacial score (nSPS) is 16.2. The van der Waals surface area contributed by atoms with Crippen LogP contribution in [0.2, 0.25) is 10.0 Å². The van der Waals surface area contributed by atoms with Crippen LogP contribution in [0.1, 0.15) is 18.9 Å². The van der Waals surface area contributed by atoms with E-state index in [1.165, 1.54) is 24.0 Å². The van der Waals surface area contributed by atoms with Gasteiger partial charge in [-0.2, -0.15) is 0 Å². The van der Waals surface area contributed by atoms with Crippen molar-refractivity contribution >= 4 is 46.7 Å². The molecule has 156 valence electrons. The van der Waals surface area contributed by atoms with Crippen molar-refractivity contribution in [3.05, 3.63) is 52.4 Å². The largest absolute Gasteiger partial charge is 0.485 e. The first-order valence-electron chi connectivity index (χ1n) is 8.98. The number of ether oxygens (including phenoxy) is 2. The van der Waals surface area contributed by atoms with Gasteiger partial charge in [0, 0.05) is 13.2 Å². The van der Waals surface area contributed by atoms with E-state index >= 15 is 0 Å². The number of rotatable bonds is 5. The fraction of sp³-hybridized carbons (Fsp3) is 0.263. The number of benzene rings is 1. The van der Waals surface area contributed by atoms with Gasteiger partial charge in [-0.15, -0.1) is 10.2 Å². The van der Waals surface area contributed by atoms with Crippen LogP contribution in [0.3, 0.4) is 0 Å². The van der Waals surface area contributed by atoms with Crippen LogP contribution in [-0.4, -0.2) is 37.5 Å². The zero-order chi connectivity index (χ0) is 21.3. The minimum atomic E-state index is -0.474. The van der Waals surface area contributed by atoms with E-state index < -0.39 is 11.4 Å². The predicted molar refractivity (Wildman–Crippen MR) is 115 cm³/mol. The third-order valence-corrected chi connectivity index (χ3v) is 5.99. The van der Waals surface area contributed by atoms with Crippen LogP contribution in [0.25, 0.3) is 0 Å². The van der Waals surface area contributed by atoms with Crippen LogP contribution >= 0.6 is 35.0 Å². The van der Waals surface area contributed by atoms with Gasteiger partial charge in [0.05, 0.1) is 15.3 Å². The summed E-state index contributed by atoms with van der Waals surface area (Å²) in [5.74, 6) is 1.95. The molecule has 0 saturated heterocycles. The number of nitrogens with zero attached hydrogens (tertiary/aromatic N) is 4. The van der Waals surface area contributed by atoms with E-state index in [1.54, 1.807) is 11.5 Å². The van der Waals surface area contributed by atoms with Crippen LogP contribution in [-0.2, 0) is 11.8 Å². The molecule has 0 spiro atoms. The van der Waals surface area contributed by atoms with Crippen LogP contribution in [0, 0.1) is 0 Å². The number of amides is 1. The van der Waals surface area contributed by atoms with Crippen molar-refractivity contribution in [1.29, 1.82) is 0 Å². The van der Waals surface area contributed by atoms with Crippen molar-refractivity contribution in [2.75, 3.05) is 11.9 Å². The Morgan fingerprint density at radius 2 is 2.07 bits per heavy atom. The Balaban J connectivity index is 1.43. The molecule has 0 unspecified atom stereocenters. The Labute approximate surface area is 186 Å². The van der Waals surface area contributed by atoms with Gasteiger partial charge in [-0.1, -0.05) is 47.1 Å². The van der Waals surface area contributed by atoms with E-state index in [4.69, 9.17) is 32.7 Å². The minimum Gasteiger partial charge on any atom is -0.485 e. The first kappa shape index (κ1) is 20.8. The van der Waals surface area contributed by atoms with Crippen molar-refractivity contribution in [1.82, 2.24) is 19.7 Å². The molecule has 1 aromatic carbocycles. The molecule has 1 aliphatic heterocycles. The summed E-state index contributed by atoms with van der Waals surface area (Å²) in [6.07, 6.45) is 1.02. The Kier molecular flexibility index (Phi) is 6.03. The number of carbonyl (C=O) groups is 1. The molecule has 0 radical (unpaired) electrons. The predicted octanol–water partition coefficient (Wildman–Crippen LogP) is 4.15. The lowest BCUT2D eigenvalue weighted by molar-refractivity contribution is -0.115. The van der Waals surface area contributed by atoms with E-state index in [2.05, 4.69) is 20.5 Å². The fourth-order valence-electron chi connectivity index (χ4n) is 2.79. The van der Waals surface area contributed by atoms with Gasteiger partial charge in [0.25, 0.3) is 0 Å². The Morgan fingerprint density at radius 3 is 2.83 bits per heavy atom. The molecule has 3 aromatic rings. The van der Waals surface area contributed by atoms with Crippen molar-refractivity contribution < 1.29 is 14.3 Å². The molecule has 0 aliphatic carbocycles. The lowest BCUT2D eigenvalue weighted by Gasteiger charge is -2.25. The van der Waals surface area contributed by atoms with Crippen molar-refractivity contribution in [3.63, 3.8) is 0 Å². The van der Waals surface area contributed by atoms with Crippen LogP contribution in [0.5, 0.6) is 11.5 Å². The maximum Gasteiger partial charge on any atom is 0.238 e. The maximum atomic E-state index is 12.5. The molecule has 8 nitrogen and oxygen atoms in total. The fourth-order valence-corrected chi connectivity index (χ4v) is 4.04. The van der Waals surface area contributed by atoms with Gasteiger partial charge in [0.2, 0.25) is 5.91 Å². The summed E-state index contributed by atoms with van der Waals surface area (Å²) in [5.41, 5.74) is 0. The summed E-state index contributed by atoms with van der Waals surface area (Å²) in [5, 5.41) is 11.9. The number of hydrogen-bond acceptors (Lipinski definition) is 7. The van der Waals surface area contributed by atoms with Crippen molar-refractivity contribution in [3.8, 4) is 11.5 Å². The first-order valence-corrected chi connectivity index (χ1v) is 10.6. The number of para-hydroxylation sites is 2. The standard InChI is InChI=1S/C19H17Cl2N5O3S/c1-10(18(27)23-16-12(21)7-11(20)8-22-16)30-19-25-24-17(26(19)2)15-9-28-13-5-3-4-6-14(13)29-15/h3-8,10,15H,9H2,1-2H3,(H,22,23,27)/t10-,15+/m1/s1. The highest BCUT2D eigenvalue weighted by Gasteiger charge is 2.28. The second kappa shape index (κ2) is 8.71. The first-order chi connectivity index (χ1) is 14.4. The molecular weight excluding hydrogens is 449 g/mol. The summed E-state index contributed by atoms with van der Waals surface area (Å²) in [6, 6.07) is 8.98. The van der Waals surface area contributed by atoms with Gasteiger partial charge in [-0.3, -0.25) is 4.79 Å². The number of thioether (sulfide) groups is 1. The summed E-state index contributed by atoms with van der Waals surface area (Å²) >= 11 is 13.2. The highest BCUT2D eigenvalue weighted by Crippen LogP contribution is 2.36. The van der Waals surface area contributed by atoms with Crippen LogP contribution in [0.15, 0.2) is 41.7 Å².